The third-order valence-electron chi connectivity index (χ3n) is 5.67. The second kappa shape index (κ2) is 10.3. The van der Waals surface area contributed by atoms with Crippen LogP contribution in [-0.4, -0.2) is 37.0 Å². The Bertz CT molecular complexity index is 678. The third-order valence-corrected chi connectivity index (χ3v) is 5.67. The Kier molecular flexibility index (Phi) is 7.46. The van der Waals surface area contributed by atoms with Gasteiger partial charge in [-0.25, -0.2) is 0 Å². The van der Waals surface area contributed by atoms with Gasteiger partial charge in [0, 0.05) is 19.5 Å². The minimum atomic E-state index is 0.237. The van der Waals surface area contributed by atoms with Gasteiger partial charge in [0.1, 0.15) is 0 Å². The number of hydrogen-bond donors (Lipinski definition) is 1. The number of carbonyl (C=O) groups excluding carboxylic acids is 1. The molecule has 27 heavy (non-hydrogen) atoms. The minimum Gasteiger partial charge on any atom is -0.343 e. The van der Waals surface area contributed by atoms with Crippen LogP contribution < -0.4 is 5.32 Å². The molecule has 1 unspecified atom stereocenters. The molecule has 1 amide bonds. The van der Waals surface area contributed by atoms with Crippen molar-refractivity contribution in [2.45, 2.75) is 38.5 Å². The quantitative estimate of drug-likeness (QED) is 0.759. The summed E-state index contributed by atoms with van der Waals surface area (Å²) in [6.07, 6.45) is 3.74. The van der Waals surface area contributed by atoms with Crippen molar-refractivity contribution in [1.82, 2.24) is 10.2 Å². The number of rotatable bonds is 8. The number of likely N-dealkylation sites (tertiary alicyclic amines) is 1. The van der Waals surface area contributed by atoms with Crippen LogP contribution in [0.25, 0.3) is 0 Å². The van der Waals surface area contributed by atoms with Crippen molar-refractivity contribution >= 4 is 5.91 Å². The highest BCUT2D eigenvalue weighted by atomic mass is 16.2. The summed E-state index contributed by atoms with van der Waals surface area (Å²) in [5, 5.41) is 3.44. The normalized spacial score (nSPS) is 16.3. The van der Waals surface area contributed by atoms with E-state index in [-0.39, 0.29) is 5.92 Å². The van der Waals surface area contributed by atoms with E-state index in [0.717, 1.165) is 45.4 Å². The van der Waals surface area contributed by atoms with Gasteiger partial charge in [-0.2, -0.15) is 0 Å². The van der Waals surface area contributed by atoms with Gasteiger partial charge in [0.25, 0.3) is 0 Å². The standard InChI is InChI=1S/C24H32N2O/c1-2-25-19-21-13-15-26(16-14-21)24(27)18-23(22-11-7-4-8-12-22)17-20-9-5-3-6-10-20/h3-12,21,23,25H,2,13-19H2,1H3. The first kappa shape index (κ1) is 19.6. The van der Waals surface area contributed by atoms with Crippen LogP contribution in [0.5, 0.6) is 0 Å². The molecule has 1 fully saturated rings. The molecule has 1 saturated heterocycles. The molecule has 2 aromatic rings. The smallest absolute Gasteiger partial charge is 0.223 e. The van der Waals surface area contributed by atoms with E-state index in [2.05, 4.69) is 65.7 Å². The summed E-state index contributed by atoms with van der Waals surface area (Å²) >= 11 is 0. The molecule has 0 aliphatic carbocycles. The Morgan fingerprint density at radius 1 is 1.04 bits per heavy atom. The van der Waals surface area contributed by atoms with Crippen molar-refractivity contribution in [2.75, 3.05) is 26.2 Å². The topological polar surface area (TPSA) is 32.3 Å². The zero-order valence-electron chi connectivity index (χ0n) is 16.4. The van der Waals surface area contributed by atoms with Gasteiger partial charge >= 0.3 is 0 Å². The molecular formula is C24H32N2O. The van der Waals surface area contributed by atoms with Crippen LogP contribution in [-0.2, 0) is 11.2 Å². The zero-order chi connectivity index (χ0) is 18.9. The molecule has 0 spiro atoms. The lowest BCUT2D eigenvalue weighted by atomic mass is 9.88. The van der Waals surface area contributed by atoms with Crippen LogP contribution in [0.2, 0.25) is 0 Å². The first-order valence-corrected chi connectivity index (χ1v) is 10.3. The fourth-order valence-corrected chi connectivity index (χ4v) is 4.01. The van der Waals surface area contributed by atoms with E-state index in [4.69, 9.17) is 0 Å². The summed E-state index contributed by atoms with van der Waals surface area (Å²) in [7, 11) is 0. The lowest BCUT2D eigenvalue weighted by molar-refractivity contribution is -0.133. The highest BCUT2D eigenvalue weighted by Crippen LogP contribution is 2.26. The van der Waals surface area contributed by atoms with E-state index in [0.29, 0.717) is 18.2 Å². The maximum absolute atomic E-state index is 13.0. The summed E-state index contributed by atoms with van der Waals surface area (Å²) in [5.41, 5.74) is 2.56. The summed E-state index contributed by atoms with van der Waals surface area (Å²) in [5.74, 6) is 1.26. The van der Waals surface area contributed by atoms with Crippen molar-refractivity contribution < 1.29 is 4.79 Å². The second-order valence-electron chi connectivity index (χ2n) is 7.63. The molecular weight excluding hydrogens is 332 g/mol. The highest BCUT2D eigenvalue weighted by molar-refractivity contribution is 5.77. The first-order valence-electron chi connectivity index (χ1n) is 10.3. The fraction of sp³-hybridized carbons (Fsp3) is 0.458. The average Bonchev–Trinajstić information content (AvgIpc) is 2.73. The van der Waals surface area contributed by atoms with Crippen LogP contribution in [0.3, 0.4) is 0 Å². The molecule has 1 heterocycles. The van der Waals surface area contributed by atoms with E-state index < -0.39 is 0 Å². The van der Waals surface area contributed by atoms with E-state index in [9.17, 15) is 4.79 Å². The molecule has 3 nitrogen and oxygen atoms in total. The van der Waals surface area contributed by atoms with Gasteiger partial charge in [-0.3, -0.25) is 4.79 Å². The van der Waals surface area contributed by atoms with Crippen molar-refractivity contribution in [3.05, 3.63) is 71.8 Å². The first-order chi connectivity index (χ1) is 13.3. The predicted molar refractivity (Wildman–Crippen MR) is 112 cm³/mol. The zero-order valence-corrected chi connectivity index (χ0v) is 16.4. The molecule has 3 rings (SSSR count). The van der Waals surface area contributed by atoms with E-state index in [1.165, 1.54) is 11.1 Å². The third kappa shape index (κ3) is 5.93. The van der Waals surface area contributed by atoms with E-state index >= 15 is 0 Å². The molecule has 1 N–H and O–H groups in total. The van der Waals surface area contributed by atoms with Crippen LogP contribution >= 0.6 is 0 Å². The van der Waals surface area contributed by atoms with Gasteiger partial charge in [0.15, 0.2) is 0 Å². The summed E-state index contributed by atoms with van der Waals surface area (Å²) in [6.45, 7) is 6.06. The summed E-state index contributed by atoms with van der Waals surface area (Å²) < 4.78 is 0. The largest absolute Gasteiger partial charge is 0.343 e. The number of benzene rings is 2. The van der Waals surface area contributed by atoms with Crippen molar-refractivity contribution in [3.8, 4) is 0 Å². The maximum Gasteiger partial charge on any atom is 0.223 e. The van der Waals surface area contributed by atoms with Crippen molar-refractivity contribution in [2.24, 2.45) is 5.92 Å². The van der Waals surface area contributed by atoms with E-state index in [1.54, 1.807) is 0 Å². The Labute approximate surface area is 163 Å². The van der Waals surface area contributed by atoms with Crippen LogP contribution in [0.15, 0.2) is 60.7 Å². The number of piperidine rings is 1. The number of amides is 1. The van der Waals surface area contributed by atoms with Gasteiger partial charge in [0.05, 0.1) is 0 Å². The predicted octanol–water partition coefficient (Wildman–Crippen LogP) is 4.25. The SMILES string of the molecule is CCNCC1CCN(C(=O)CC(Cc2ccccc2)c2ccccc2)CC1. The fourth-order valence-electron chi connectivity index (χ4n) is 4.01. The molecule has 0 bridgehead atoms. The second-order valence-corrected chi connectivity index (χ2v) is 7.63. The molecule has 0 saturated carbocycles. The number of nitrogens with zero attached hydrogens (tertiary/aromatic N) is 1. The lowest BCUT2D eigenvalue weighted by Gasteiger charge is -2.33. The lowest BCUT2D eigenvalue weighted by Crippen LogP contribution is -2.41. The van der Waals surface area contributed by atoms with Gasteiger partial charge < -0.3 is 10.2 Å². The van der Waals surface area contributed by atoms with E-state index in [1.807, 2.05) is 12.1 Å². The van der Waals surface area contributed by atoms with Crippen LogP contribution in [0.1, 0.15) is 43.2 Å². The van der Waals surface area contributed by atoms with Crippen LogP contribution in [0, 0.1) is 5.92 Å². The van der Waals surface area contributed by atoms with Gasteiger partial charge in [-0.15, -0.1) is 0 Å². The Morgan fingerprint density at radius 3 is 2.30 bits per heavy atom. The number of carbonyl (C=O) groups is 1. The number of nitrogens with one attached hydrogen (secondary N) is 1. The summed E-state index contributed by atoms with van der Waals surface area (Å²) in [6, 6.07) is 21.0. The van der Waals surface area contributed by atoms with Crippen molar-refractivity contribution in [3.63, 3.8) is 0 Å². The van der Waals surface area contributed by atoms with Gasteiger partial charge in [0.2, 0.25) is 5.91 Å². The molecule has 1 aliphatic heterocycles. The Balaban J connectivity index is 1.61. The molecule has 3 heteroatoms. The summed E-state index contributed by atoms with van der Waals surface area (Å²) in [4.78, 5) is 15.1. The molecule has 1 aliphatic rings. The Hall–Kier alpha value is -2.13. The average molecular weight is 365 g/mol. The van der Waals surface area contributed by atoms with Gasteiger partial charge in [-0.05, 0) is 55.3 Å². The monoisotopic (exact) mass is 364 g/mol. The Morgan fingerprint density at radius 2 is 1.67 bits per heavy atom. The maximum atomic E-state index is 13.0. The van der Waals surface area contributed by atoms with Crippen molar-refractivity contribution in [1.29, 1.82) is 0 Å². The highest BCUT2D eigenvalue weighted by Gasteiger charge is 2.25. The minimum absolute atomic E-state index is 0.237. The molecule has 2 aromatic carbocycles. The molecule has 1 atom stereocenters. The molecule has 0 radical (unpaired) electrons. The molecule has 144 valence electrons. The van der Waals surface area contributed by atoms with Gasteiger partial charge in [-0.1, -0.05) is 67.6 Å². The molecule has 0 aromatic heterocycles. The van der Waals surface area contributed by atoms with Crippen LogP contribution in [0.4, 0.5) is 0 Å². The number of hydrogen-bond acceptors (Lipinski definition) is 2.